The first kappa shape index (κ1) is 14.3. The van der Waals surface area contributed by atoms with Crippen molar-refractivity contribution in [1.82, 2.24) is 5.06 Å². The van der Waals surface area contributed by atoms with Gasteiger partial charge in [-0.3, -0.25) is 0 Å². The van der Waals surface area contributed by atoms with Crippen LogP contribution < -0.4 is 4.84 Å². The van der Waals surface area contributed by atoms with E-state index in [4.69, 9.17) is 4.84 Å². The third kappa shape index (κ3) is 1.83. The molecule has 1 saturated carbocycles. The molecule has 1 aliphatic heterocycles. The van der Waals surface area contributed by atoms with Crippen LogP contribution >= 0.6 is 0 Å². The van der Waals surface area contributed by atoms with Gasteiger partial charge in [0.2, 0.25) is 0 Å². The summed E-state index contributed by atoms with van der Waals surface area (Å²) in [4.78, 5) is 6.26. The molecule has 2 bridgehead atoms. The number of hydrogen-bond acceptors (Lipinski definition) is 2. The molecule has 0 aromatic heterocycles. The molecule has 118 valence electrons. The summed E-state index contributed by atoms with van der Waals surface area (Å²) < 4.78 is 0. The van der Waals surface area contributed by atoms with E-state index in [1.807, 2.05) is 0 Å². The Balaban J connectivity index is 1.79. The number of allylic oxidation sites excluding steroid dienone is 1. The first-order valence-corrected chi connectivity index (χ1v) is 8.56. The van der Waals surface area contributed by atoms with Crippen LogP contribution in [0.4, 0.5) is 0 Å². The lowest BCUT2D eigenvalue weighted by Gasteiger charge is -2.58. The second-order valence-corrected chi connectivity index (χ2v) is 8.77. The summed E-state index contributed by atoms with van der Waals surface area (Å²) in [7, 11) is 0. The molecule has 1 aromatic rings. The summed E-state index contributed by atoms with van der Waals surface area (Å²) in [5.41, 5.74) is 3.36. The molecule has 1 aromatic carbocycles. The normalized spacial score (nSPS) is 32.8. The number of hydroxylamine groups is 2. The molecule has 2 heteroatoms. The highest BCUT2D eigenvalue weighted by molar-refractivity contribution is 5.45. The van der Waals surface area contributed by atoms with Crippen LogP contribution in [0.5, 0.6) is 5.75 Å². The molecule has 0 N–H and O–H groups in total. The summed E-state index contributed by atoms with van der Waals surface area (Å²) in [5.74, 6) is 2.61. The predicted molar refractivity (Wildman–Crippen MR) is 89.5 cm³/mol. The lowest BCUT2D eigenvalue weighted by molar-refractivity contribution is -0.139. The van der Waals surface area contributed by atoms with E-state index in [9.17, 15) is 0 Å². The van der Waals surface area contributed by atoms with Crippen LogP contribution in [-0.2, 0) is 0 Å². The van der Waals surface area contributed by atoms with E-state index < -0.39 is 0 Å². The standard InChI is InChI=1S/C20H27NO/c1-19(2,3)21-18(15-8-6-7-9-17(15)22-21)14-11-10-13-12-16(14)20(13,4)5/h6-9,11,13,16,18H,10,12H2,1-5H3/t13-,16-,18?/m1/s1. The largest absolute Gasteiger partial charge is 0.404 e. The maximum Gasteiger partial charge on any atom is 0.152 e. The van der Waals surface area contributed by atoms with Crippen molar-refractivity contribution in [2.24, 2.45) is 17.3 Å². The van der Waals surface area contributed by atoms with Crippen LogP contribution in [0.2, 0.25) is 0 Å². The molecule has 3 aliphatic carbocycles. The van der Waals surface area contributed by atoms with Crippen molar-refractivity contribution in [3.05, 3.63) is 41.5 Å². The first-order valence-electron chi connectivity index (χ1n) is 8.56. The second-order valence-electron chi connectivity index (χ2n) is 8.77. The van der Waals surface area contributed by atoms with Gasteiger partial charge in [-0.1, -0.05) is 38.1 Å². The third-order valence-electron chi connectivity index (χ3n) is 6.13. The molecule has 22 heavy (non-hydrogen) atoms. The maximum absolute atomic E-state index is 6.26. The summed E-state index contributed by atoms with van der Waals surface area (Å²) in [6.45, 7) is 11.6. The Morgan fingerprint density at radius 1 is 1.18 bits per heavy atom. The monoisotopic (exact) mass is 297 g/mol. The zero-order valence-corrected chi connectivity index (χ0v) is 14.4. The number of fused-ring (bicyclic) bond motifs is 2. The summed E-state index contributed by atoms with van der Waals surface area (Å²) in [6.07, 6.45) is 5.10. The third-order valence-corrected chi connectivity index (χ3v) is 6.13. The number of rotatable bonds is 1. The molecular weight excluding hydrogens is 270 g/mol. The SMILES string of the molecule is CC1(C)[C@@H]2CC=C(C3c4ccccc4ON3C(C)(C)C)[C@H]1C2. The molecule has 5 rings (SSSR count). The lowest BCUT2D eigenvalue weighted by Crippen LogP contribution is -2.52. The van der Waals surface area contributed by atoms with E-state index in [-0.39, 0.29) is 11.6 Å². The molecule has 3 atom stereocenters. The van der Waals surface area contributed by atoms with Crippen molar-refractivity contribution >= 4 is 0 Å². The molecule has 1 fully saturated rings. The van der Waals surface area contributed by atoms with Crippen LogP contribution in [0.1, 0.15) is 59.1 Å². The summed E-state index contributed by atoms with van der Waals surface area (Å²) in [5, 5.41) is 2.22. The van der Waals surface area contributed by atoms with E-state index in [1.54, 1.807) is 5.57 Å². The van der Waals surface area contributed by atoms with Crippen LogP contribution in [0.3, 0.4) is 0 Å². The van der Waals surface area contributed by atoms with Gasteiger partial charge < -0.3 is 4.84 Å². The first-order chi connectivity index (χ1) is 10.3. The minimum absolute atomic E-state index is 0.0186. The van der Waals surface area contributed by atoms with Gasteiger partial charge in [0.15, 0.2) is 5.75 Å². The van der Waals surface area contributed by atoms with Crippen molar-refractivity contribution in [3.8, 4) is 5.75 Å². The van der Waals surface area contributed by atoms with Gasteiger partial charge in [-0.15, -0.1) is 5.06 Å². The topological polar surface area (TPSA) is 12.5 Å². The average molecular weight is 297 g/mol. The van der Waals surface area contributed by atoms with Gasteiger partial charge in [-0.25, -0.2) is 0 Å². The van der Waals surface area contributed by atoms with Crippen molar-refractivity contribution in [1.29, 1.82) is 0 Å². The number of benzene rings is 1. The Morgan fingerprint density at radius 2 is 1.91 bits per heavy atom. The quantitative estimate of drug-likeness (QED) is 0.666. The molecule has 1 unspecified atom stereocenters. The van der Waals surface area contributed by atoms with Crippen LogP contribution in [0.25, 0.3) is 0 Å². The smallest absolute Gasteiger partial charge is 0.152 e. The molecule has 4 aliphatic rings. The molecule has 0 saturated heterocycles. The van der Waals surface area contributed by atoms with Crippen molar-refractivity contribution in [2.45, 2.75) is 59.0 Å². The molecule has 0 amide bonds. The van der Waals surface area contributed by atoms with Crippen LogP contribution in [0.15, 0.2) is 35.9 Å². The predicted octanol–water partition coefficient (Wildman–Crippen LogP) is 5.13. The molecular formula is C20H27NO. The average Bonchev–Trinajstić information content (AvgIpc) is 2.86. The fourth-order valence-corrected chi connectivity index (χ4v) is 4.62. The van der Waals surface area contributed by atoms with E-state index in [0.29, 0.717) is 11.3 Å². The molecule has 0 radical (unpaired) electrons. The Bertz CT molecular complexity index is 637. The van der Waals surface area contributed by atoms with Crippen molar-refractivity contribution in [3.63, 3.8) is 0 Å². The number of para-hydroxylation sites is 1. The molecule has 0 spiro atoms. The zero-order valence-electron chi connectivity index (χ0n) is 14.4. The van der Waals surface area contributed by atoms with Gasteiger partial charge in [-0.05, 0) is 62.5 Å². The Hall–Kier alpha value is -1.28. The van der Waals surface area contributed by atoms with E-state index in [2.05, 4.69) is 70.0 Å². The molecule has 1 heterocycles. The lowest BCUT2D eigenvalue weighted by atomic mass is 9.48. The minimum Gasteiger partial charge on any atom is -0.404 e. The Morgan fingerprint density at radius 3 is 2.55 bits per heavy atom. The van der Waals surface area contributed by atoms with E-state index in [1.165, 1.54) is 18.4 Å². The summed E-state index contributed by atoms with van der Waals surface area (Å²) >= 11 is 0. The van der Waals surface area contributed by atoms with E-state index in [0.717, 1.165) is 11.7 Å². The van der Waals surface area contributed by atoms with Gasteiger partial charge in [0.1, 0.15) is 0 Å². The Kier molecular flexibility index (Phi) is 2.85. The van der Waals surface area contributed by atoms with Crippen molar-refractivity contribution < 1.29 is 4.84 Å². The van der Waals surface area contributed by atoms with Crippen LogP contribution in [-0.4, -0.2) is 10.6 Å². The van der Waals surface area contributed by atoms with Gasteiger partial charge in [-0.2, -0.15) is 0 Å². The molecule has 2 nitrogen and oxygen atoms in total. The van der Waals surface area contributed by atoms with Gasteiger partial charge in [0.05, 0.1) is 6.04 Å². The highest BCUT2D eigenvalue weighted by atomic mass is 16.7. The highest BCUT2D eigenvalue weighted by Crippen LogP contribution is 2.63. The number of hydrogen-bond donors (Lipinski definition) is 0. The van der Waals surface area contributed by atoms with Crippen molar-refractivity contribution in [2.75, 3.05) is 0 Å². The fraction of sp³-hybridized carbons (Fsp3) is 0.600. The van der Waals surface area contributed by atoms with Gasteiger partial charge >= 0.3 is 0 Å². The Labute approximate surface area is 134 Å². The van der Waals surface area contributed by atoms with Gasteiger partial charge in [0, 0.05) is 11.1 Å². The minimum atomic E-state index is -0.0186. The summed E-state index contributed by atoms with van der Waals surface area (Å²) in [6, 6.07) is 8.83. The highest BCUT2D eigenvalue weighted by Gasteiger charge is 2.55. The number of nitrogens with zero attached hydrogens (tertiary/aromatic N) is 1. The van der Waals surface area contributed by atoms with Gasteiger partial charge in [0.25, 0.3) is 0 Å². The van der Waals surface area contributed by atoms with Crippen LogP contribution in [0, 0.1) is 17.3 Å². The fourth-order valence-electron chi connectivity index (χ4n) is 4.62. The van der Waals surface area contributed by atoms with E-state index >= 15 is 0 Å². The zero-order chi connectivity index (χ0) is 15.7. The second kappa shape index (κ2) is 4.38. The maximum atomic E-state index is 6.26.